The van der Waals surface area contributed by atoms with Gasteiger partial charge in [0.05, 0.1) is 17.0 Å². The number of nitrogens with one attached hydrogen (secondary N) is 1. The van der Waals surface area contributed by atoms with E-state index in [1.165, 1.54) is 11.8 Å². The molecule has 7 heteroatoms. The molecule has 0 aliphatic carbocycles. The maximum absolute atomic E-state index is 12.8. The second kappa shape index (κ2) is 9.62. The minimum Gasteiger partial charge on any atom is -0.415 e. The van der Waals surface area contributed by atoms with Gasteiger partial charge in [0, 0.05) is 0 Å². The van der Waals surface area contributed by atoms with Gasteiger partial charge in [0.15, 0.2) is 0 Å². The average Bonchev–Trinajstić information content (AvgIpc) is 3.14. The molecule has 0 spiro atoms. The molecule has 140 valence electrons. The van der Waals surface area contributed by atoms with Gasteiger partial charge >= 0.3 is 0 Å². The van der Waals surface area contributed by atoms with Gasteiger partial charge in [-0.15, -0.1) is 10.2 Å². The summed E-state index contributed by atoms with van der Waals surface area (Å²) in [6.07, 6.45) is 1.97. The predicted molar refractivity (Wildman–Crippen MR) is 110 cm³/mol. The lowest BCUT2D eigenvalue weighted by Crippen LogP contribution is -2.34. The van der Waals surface area contributed by atoms with Crippen molar-refractivity contribution in [3.8, 4) is 0 Å². The fourth-order valence-electron chi connectivity index (χ4n) is 2.58. The fourth-order valence-corrected chi connectivity index (χ4v) is 3.66. The first-order valence-corrected chi connectivity index (χ1v) is 10.8. The van der Waals surface area contributed by atoms with E-state index in [1.54, 1.807) is 11.8 Å². The fraction of sp³-hybridized carbons (Fsp3) is 0.250. The molecule has 1 atom stereocenters. The minimum absolute atomic E-state index is 0.0812. The van der Waals surface area contributed by atoms with E-state index in [9.17, 15) is 4.79 Å². The summed E-state index contributed by atoms with van der Waals surface area (Å²) in [6.45, 7) is 1.84. The number of benzene rings is 2. The van der Waals surface area contributed by atoms with E-state index in [4.69, 9.17) is 4.42 Å². The largest absolute Gasteiger partial charge is 0.415 e. The molecule has 1 unspecified atom stereocenters. The normalized spacial score (nSPS) is 12.1. The van der Waals surface area contributed by atoms with Crippen LogP contribution in [-0.2, 0) is 10.5 Å². The van der Waals surface area contributed by atoms with Crippen LogP contribution in [0.1, 0.15) is 30.0 Å². The molecule has 3 aromatic rings. The Bertz CT molecular complexity index is 816. The van der Waals surface area contributed by atoms with Crippen LogP contribution in [0.2, 0.25) is 0 Å². The second-order valence-electron chi connectivity index (χ2n) is 5.92. The molecule has 1 aromatic heterocycles. The van der Waals surface area contributed by atoms with Gasteiger partial charge in [0.2, 0.25) is 11.8 Å². The highest BCUT2D eigenvalue weighted by Crippen LogP contribution is 2.26. The number of thioether (sulfide) groups is 2. The lowest BCUT2D eigenvalue weighted by molar-refractivity contribution is -0.120. The molecular weight excluding hydrogens is 378 g/mol. The van der Waals surface area contributed by atoms with Crippen LogP contribution in [0.5, 0.6) is 0 Å². The van der Waals surface area contributed by atoms with E-state index in [0.29, 0.717) is 16.9 Å². The van der Waals surface area contributed by atoms with Gasteiger partial charge in [-0.2, -0.15) is 11.8 Å². The molecule has 1 amide bonds. The van der Waals surface area contributed by atoms with Crippen LogP contribution < -0.4 is 5.32 Å². The first-order valence-electron chi connectivity index (χ1n) is 8.55. The van der Waals surface area contributed by atoms with Gasteiger partial charge in [0.1, 0.15) is 0 Å². The third-order valence-corrected chi connectivity index (χ3v) is 5.39. The number of hydrogen-bond acceptors (Lipinski definition) is 6. The summed E-state index contributed by atoms with van der Waals surface area (Å²) < 4.78 is 5.56. The molecule has 0 saturated carbocycles. The molecule has 0 aliphatic rings. The predicted octanol–water partition coefficient (Wildman–Crippen LogP) is 4.32. The number of hydrogen-bond donors (Lipinski definition) is 1. The monoisotopic (exact) mass is 399 g/mol. The van der Waals surface area contributed by atoms with Crippen LogP contribution in [0.4, 0.5) is 0 Å². The van der Waals surface area contributed by atoms with Crippen molar-refractivity contribution in [3.05, 3.63) is 77.7 Å². The smallest absolute Gasteiger partial charge is 0.277 e. The van der Waals surface area contributed by atoms with Crippen molar-refractivity contribution in [2.75, 3.05) is 6.26 Å². The van der Waals surface area contributed by atoms with E-state index in [1.807, 2.05) is 73.8 Å². The van der Waals surface area contributed by atoms with Crippen LogP contribution in [0.3, 0.4) is 0 Å². The highest BCUT2D eigenvalue weighted by atomic mass is 32.2. The van der Waals surface area contributed by atoms with Crippen molar-refractivity contribution in [1.82, 2.24) is 15.5 Å². The summed E-state index contributed by atoms with van der Waals surface area (Å²) >= 11 is 2.88. The molecule has 0 fully saturated rings. The Kier molecular flexibility index (Phi) is 6.95. The van der Waals surface area contributed by atoms with E-state index in [2.05, 4.69) is 15.5 Å². The molecular formula is C20H21N3O2S2. The Morgan fingerprint density at radius 1 is 1.04 bits per heavy atom. The molecule has 2 aromatic carbocycles. The summed E-state index contributed by atoms with van der Waals surface area (Å²) in [6, 6.07) is 19.7. The van der Waals surface area contributed by atoms with Gasteiger partial charge in [-0.25, -0.2) is 0 Å². The van der Waals surface area contributed by atoms with Crippen molar-refractivity contribution in [2.45, 2.75) is 29.2 Å². The third kappa shape index (κ3) is 5.37. The maximum Gasteiger partial charge on any atom is 0.277 e. The summed E-state index contributed by atoms with van der Waals surface area (Å²) in [7, 11) is 0. The number of aromatic nitrogens is 2. The zero-order valence-corrected chi connectivity index (χ0v) is 16.8. The number of carbonyl (C=O) groups excluding carboxylic acids is 1. The number of rotatable bonds is 8. The van der Waals surface area contributed by atoms with Crippen molar-refractivity contribution in [1.29, 1.82) is 0 Å². The minimum atomic E-state index is -0.359. The van der Waals surface area contributed by atoms with E-state index < -0.39 is 0 Å². The molecule has 1 N–H and O–H groups in total. The first kappa shape index (κ1) is 19.5. The molecule has 0 bridgehead atoms. The van der Waals surface area contributed by atoms with E-state index in [0.717, 1.165) is 11.1 Å². The Hall–Kier alpha value is -2.25. The summed E-state index contributed by atoms with van der Waals surface area (Å²) in [4.78, 5) is 12.8. The highest BCUT2D eigenvalue weighted by molar-refractivity contribution is 8.00. The number of amides is 1. The summed E-state index contributed by atoms with van der Waals surface area (Å²) in [5.41, 5.74) is 2.07. The Morgan fingerprint density at radius 2 is 1.63 bits per heavy atom. The van der Waals surface area contributed by atoms with Gasteiger partial charge < -0.3 is 9.73 Å². The van der Waals surface area contributed by atoms with Crippen LogP contribution in [-0.4, -0.2) is 27.6 Å². The quantitative estimate of drug-likeness (QED) is 0.569. The molecule has 5 nitrogen and oxygen atoms in total. The Balaban J connectivity index is 1.72. The van der Waals surface area contributed by atoms with Crippen molar-refractivity contribution in [3.63, 3.8) is 0 Å². The van der Waals surface area contributed by atoms with Crippen LogP contribution in [0.15, 0.2) is 70.3 Å². The van der Waals surface area contributed by atoms with Crippen molar-refractivity contribution in [2.24, 2.45) is 0 Å². The van der Waals surface area contributed by atoms with E-state index >= 15 is 0 Å². The van der Waals surface area contributed by atoms with Gasteiger partial charge in [0.25, 0.3) is 5.22 Å². The summed E-state index contributed by atoms with van der Waals surface area (Å²) in [5, 5.41) is 11.2. The zero-order chi connectivity index (χ0) is 19.1. The SMILES string of the molecule is CSCc1nnc(SC(C)C(=O)NC(c2ccccc2)c2ccccc2)o1. The summed E-state index contributed by atoms with van der Waals surface area (Å²) in [5.74, 6) is 1.16. The van der Waals surface area contributed by atoms with Gasteiger partial charge in [-0.3, -0.25) is 4.79 Å². The molecule has 3 rings (SSSR count). The molecule has 0 aliphatic heterocycles. The van der Waals surface area contributed by atoms with Crippen LogP contribution in [0, 0.1) is 0 Å². The van der Waals surface area contributed by atoms with Gasteiger partial charge in [-0.1, -0.05) is 72.4 Å². The van der Waals surface area contributed by atoms with E-state index in [-0.39, 0.29) is 17.2 Å². The van der Waals surface area contributed by atoms with Crippen LogP contribution in [0.25, 0.3) is 0 Å². The molecule has 27 heavy (non-hydrogen) atoms. The Labute approximate surface area is 167 Å². The average molecular weight is 400 g/mol. The lowest BCUT2D eigenvalue weighted by Gasteiger charge is -2.21. The van der Waals surface area contributed by atoms with Crippen molar-refractivity contribution < 1.29 is 9.21 Å². The van der Waals surface area contributed by atoms with Crippen LogP contribution >= 0.6 is 23.5 Å². The molecule has 0 radical (unpaired) electrons. The molecule has 1 heterocycles. The lowest BCUT2D eigenvalue weighted by atomic mass is 9.98. The maximum atomic E-state index is 12.8. The second-order valence-corrected chi connectivity index (χ2v) is 8.08. The topological polar surface area (TPSA) is 68.0 Å². The standard InChI is InChI=1S/C20H21N3O2S2/c1-14(27-20-23-22-17(25-20)13-26-2)19(24)21-18(15-9-5-3-6-10-15)16-11-7-4-8-12-16/h3-12,14,18H,13H2,1-2H3,(H,21,24). The zero-order valence-electron chi connectivity index (χ0n) is 15.2. The highest BCUT2D eigenvalue weighted by Gasteiger charge is 2.23. The Morgan fingerprint density at radius 3 is 2.19 bits per heavy atom. The van der Waals surface area contributed by atoms with Gasteiger partial charge in [-0.05, 0) is 24.3 Å². The number of nitrogens with zero attached hydrogens (tertiary/aromatic N) is 2. The first-order chi connectivity index (χ1) is 13.2. The molecule has 0 saturated heterocycles. The number of carbonyl (C=O) groups is 1. The third-order valence-electron chi connectivity index (χ3n) is 3.92. The van der Waals surface area contributed by atoms with Crippen molar-refractivity contribution >= 4 is 29.4 Å².